The molecule has 0 aromatic heterocycles. The molecule has 0 spiro atoms. The maximum atomic E-state index is 6.44. The Morgan fingerprint density at radius 3 is 2.07 bits per heavy atom. The van der Waals surface area contributed by atoms with Crippen LogP contribution in [0.4, 0.5) is 0 Å². The largest absolute Gasteiger partial charge is 0.413 e. The SMILES string of the molecule is CC[Si]1(OC(P)[Si](C)(C)C)CC1(C)C. The van der Waals surface area contributed by atoms with Crippen LogP contribution in [0.2, 0.25) is 36.8 Å². The van der Waals surface area contributed by atoms with Crippen LogP contribution in [0, 0.1) is 0 Å². The smallest absolute Gasteiger partial charge is 0.198 e. The Hall–Kier alpha value is 0.824. The fraction of sp³-hybridized carbons (Fsp3) is 1.00. The van der Waals surface area contributed by atoms with Crippen LogP contribution in [0.25, 0.3) is 0 Å². The summed E-state index contributed by atoms with van der Waals surface area (Å²) in [5.74, 6) is 0. The molecular weight excluding hydrogens is 223 g/mol. The molecule has 1 saturated heterocycles. The van der Waals surface area contributed by atoms with Gasteiger partial charge in [-0.1, -0.05) is 40.4 Å². The van der Waals surface area contributed by atoms with Crippen molar-refractivity contribution in [1.82, 2.24) is 0 Å². The summed E-state index contributed by atoms with van der Waals surface area (Å²) in [7, 11) is 0.491. The van der Waals surface area contributed by atoms with Gasteiger partial charge in [-0.05, 0) is 17.1 Å². The Labute approximate surface area is 93.3 Å². The maximum Gasteiger partial charge on any atom is 0.198 e. The van der Waals surface area contributed by atoms with Crippen molar-refractivity contribution >= 4 is 25.6 Å². The highest BCUT2D eigenvalue weighted by atomic mass is 31.0. The minimum atomic E-state index is -1.31. The third-order valence-electron chi connectivity index (χ3n) is 3.61. The van der Waals surface area contributed by atoms with Gasteiger partial charge >= 0.3 is 0 Å². The highest BCUT2D eigenvalue weighted by Crippen LogP contribution is 2.65. The Kier molecular flexibility index (Phi) is 3.40. The van der Waals surface area contributed by atoms with E-state index in [9.17, 15) is 0 Å². The first-order chi connectivity index (χ1) is 6.15. The first kappa shape index (κ1) is 12.9. The van der Waals surface area contributed by atoms with Gasteiger partial charge in [0.05, 0.1) is 8.07 Å². The van der Waals surface area contributed by atoms with Crippen LogP contribution >= 0.6 is 9.24 Å². The minimum Gasteiger partial charge on any atom is -0.413 e. The molecule has 0 aromatic rings. The Morgan fingerprint density at radius 1 is 1.43 bits per heavy atom. The predicted molar refractivity (Wildman–Crippen MR) is 73.0 cm³/mol. The molecule has 14 heavy (non-hydrogen) atoms. The Bertz CT molecular complexity index is 225. The summed E-state index contributed by atoms with van der Waals surface area (Å²) >= 11 is 0. The monoisotopic (exact) mass is 248 g/mol. The first-order valence-electron chi connectivity index (χ1n) is 5.58. The van der Waals surface area contributed by atoms with E-state index in [0.717, 1.165) is 0 Å². The molecular formula is C10H25OPSi2. The second-order valence-electron chi connectivity index (χ2n) is 6.31. The summed E-state index contributed by atoms with van der Waals surface area (Å²) in [5, 5.41) is 0.538. The quantitative estimate of drug-likeness (QED) is 0.542. The molecule has 0 aromatic carbocycles. The molecule has 0 aliphatic carbocycles. The molecule has 0 bridgehead atoms. The van der Waals surface area contributed by atoms with Gasteiger partial charge in [-0.15, -0.1) is 9.24 Å². The lowest BCUT2D eigenvalue weighted by Gasteiger charge is -2.31. The topological polar surface area (TPSA) is 9.23 Å². The van der Waals surface area contributed by atoms with Gasteiger partial charge in [0.25, 0.3) is 0 Å². The average molecular weight is 248 g/mol. The predicted octanol–water partition coefficient (Wildman–Crippen LogP) is 3.84. The van der Waals surface area contributed by atoms with Crippen LogP contribution in [0.1, 0.15) is 20.8 Å². The van der Waals surface area contributed by atoms with Gasteiger partial charge in [-0.2, -0.15) is 0 Å². The van der Waals surface area contributed by atoms with Gasteiger partial charge in [0, 0.05) is 5.47 Å². The van der Waals surface area contributed by atoms with Crippen molar-refractivity contribution in [1.29, 1.82) is 0 Å². The van der Waals surface area contributed by atoms with Crippen molar-refractivity contribution in [3.8, 4) is 0 Å². The van der Waals surface area contributed by atoms with Crippen molar-refractivity contribution in [3.63, 3.8) is 0 Å². The molecule has 1 fully saturated rings. The molecule has 1 heterocycles. The second kappa shape index (κ2) is 3.69. The summed E-state index contributed by atoms with van der Waals surface area (Å²) < 4.78 is 6.44. The van der Waals surface area contributed by atoms with Gasteiger partial charge in [0.15, 0.2) is 8.32 Å². The van der Waals surface area contributed by atoms with Gasteiger partial charge in [-0.3, -0.25) is 0 Å². The van der Waals surface area contributed by atoms with E-state index in [1.165, 1.54) is 12.1 Å². The van der Waals surface area contributed by atoms with E-state index in [2.05, 4.69) is 49.7 Å². The van der Waals surface area contributed by atoms with Gasteiger partial charge < -0.3 is 4.43 Å². The van der Waals surface area contributed by atoms with Crippen molar-refractivity contribution in [2.75, 3.05) is 0 Å². The van der Waals surface area contributed by atoms with E-state index in [4.69, 9.17) is 4.43 Å². The number of hydrogen-bond acceptors (Lipinski definition) is 1. The van der Waals surface area contributed by atoms with Crippen LogP contribution in [0.5, 0.6) is 0 Å². The van der Waals surface area contributed by atoms with Crippen LogP contribution in [0.3, 0.4) is 0 Å². The van der Waals surface area contributed by atoms with Crippen molar-refractivity contribution < 1.29 is 4.43 Å². The molecule has 1 aliphatic rings. The zero-order valence-corrected chi connectivity index (χ0v) is 13.6. The second-order valence-corrected chi connectivity index (χ2v) is 17.5. The molecule has 3 atom stereocenters. The average Bonchev–Trinajstić information content (AvgIpc) is 2.52. The lowest BCUT2D eigenvalue weighted by molar-refractivity contribution is 0.342. The number of hydrogen-bond donors (Lipinski definition) is 0. The summed E-state index contributed by atoms with van der Waals surface area (Å²) in [6.45, 7) is 14.2. The molecule has 1 nitrogen and oxygen atoms in total. The molecule has 0 amide bonds. The molecule has 0 saturated carbocycles. The van der Waals surface area contributed by atoms with Gasteiger partial charge in [-0.25, -0.2) is 0 Å². The fourth-order valence-electron chi connectivity index (χ4n) is 1.98. The highest BCUT2D eigenvalue weighted by Gasteiger charge is 2.65. The molecule has 1 aliphatic heterocycles. The first-order valence-corrected chi connectivity index (χ1v) is 12.1. The zero-order chi connectivity index (χ0) is 11.2. The van der Waals surface area contributed by atoms with Crippen LogP contribution in [0.15, 0.2) is 0 Å². The van der Waals surface area contributed by atoms with Crippen LogP contribution in [-0.2, 0) is 4.43 Å². The van der Waals surface area contributed by atoms with E-state index < -0.39 is 16.4 Å². The lowest BCUT2D eigenvalue weighted by atomic mass is 10.3. The van der Waals surface area contributed by atoms with E-state index in [1.54, 1.807) is 0 Å². The van der Waals surface area contributed by atoms with E-state index in [0.29, 0.717) is 10.5 Å². The standard InChI is InChI=1S/C10H25OPSi2/c1-7-14(8-10(14,2)3)11-9(12)13(4,5)6/h9H,7-8,12H2,1-6H3. The summed E-state index contributed by atoms with van der Waals surface area (Å²) in [5.41, 5.74) is 0.455. The number of rotatable bonds is 4. The normalized spacial score (nSPS) is 32.8. The molecule has 3 unspecified atom stereocenters. The van der Waals surface area contributed by atoms with E-state index in [1.807, 2.05) is 0 Å². The Balaban J connectivity index is 2.61. The van der Waals surface area contributed by atoms with Crippen molar-refractivity contribution in [2.24, 2.45) is 0 Å². The molecule has 0 N–H and O–H groups in total. The van der Waals surface area contributed by atoms with Crippen molar-refractivity contribution in [2.45, 2.75) is 63.0 Å². The molecule has 1 rings (SSSR count). The summed E-state index contributed by atoms with van der Waals surface area (Å²) in [4.78, 5) is 0. The van der Waals surface area contributed by atoms with Crippen molar-refractivity contribution in [3.05, 3.63) is 0 Å². The van der Waals surface area contributed by atoms with Gasteiger partial charge in [0.1, 0.15) is 0 Å². The molecule has 84 valence electrons. The molecule has 0 radical (unpaired) electrons. The maximum absolute atomic E-state index is 6.44. The molecule has 4 heteroatoms. The lowest BCUT2D eigenvalue weighted by Crippen LogP contribution is -2.41. The van der Waals surface area contributed by atoms with E-state index >= 15 is 0 Å². The van der Waals surface area contributed by atoms with Gasteiger partial charge in [0.2, 0.25) is 0 Å². The zero-order valence-electron chi connectivity index (χ0n) is 10.5. The van der Waals surface area contributed by atoms with Crippen LogP contribution in [-0.4, -0.2) is 21.9 Å². The summed E-state index contributed by atoms with van der Waals surface area (Å²) in [6.07, 6.45) is 0. The van der Waals surface area contributed by atoms with E-state index in [-0.39, 0.29) is 0 Å². The van der Waals surface area contributed by atoms with Crippen LogP contribution < -0.4 is 0 Å². The summed E-state index contributed by atoms with van der Waals surface area (Å²) in [6, 6.07) is 2.65. The minimum absolute atomic E-state index is 0.455. The Morgan fingerprint density at radius 2 is 1.86 bits per heavy atom. The third kappa shape index (κ3) is 2.32. The fourth-order valence-corrected chi connectivity index (χ4v) is 9.04. The highest BCUT2D eigenvalue weighted by molar-refractivity contribution is 7.25. The third-order valence-corrected chi connectivity index (χ3v) is 14.6.